The fourth-order valence-electron chi connectivity index (χ4n) is 4.86. The van der Waals surface area contributed by atoms with Crippen molar-refractivity contribution in [2.24, 2.45) is 5.92 Å². The molecule has 0 bridgehead atoms. The third-order valence-electron chi connectivity index (χ3n) is 6.22. The number of nitrogens with zero attached hydrogens (tertiary/aromatic N) is 1. The molecule has 1 aromatic carbocycles. The summed E-state index contributed by atoms with van der Waals surface area (Å²) in [6, 6.07) is 8.37. The van der Waals surface area contributed by atoms with Crippen LogP contribution in [0.2, 0.25) is 0 Å². The zero-order valence-electron chi connectivity index (χ0n) is 18.1. The highest BCUT2D eigenvalue weighted by molar-refractivity contribution is 14.1. The van der Waals surface area contributed by atoms with E-state index in [1.54, 1.807) is 4.90 Å². The van der Waals surface area contributed by atoms with E-state index in [9.17, 15) is 9.59 Å². The number of hydrogen-bond donors (Lipinski definition) is 0. The van der Waals surface area contributed by atoms with Crippen LogP contribution >= 0.6 is 22.6 Å². The maximum Gasteiger partial charge on any atom is 0.410 e. The van der Waals surface area contributed by atoms with E-state index in [0.717, 1.165) is 25.7 Å². The molecule has 4 atom stereocenters. The lowest BCUT2D eigenvalue weighted by molar-refractivity contribution is -0.124. The molecule has 1 amide bonds. The first kappa shape index (κ1) is 22.6. The van der Waals surface area contributed by atoms with Gasteiger partial charge >= 0.3 is 6.09 Å². The van der Waals surface area contributed by atoms with Gasteiger partial charge in [0.15, 0.2) is 5.78 Å². The number of carbonyl (C=O) groups excluding carboxylic acids is 2. The van der Waals surface area contributed by atoms with Crippen LogP contribution in [0.5, 0.6) is 0 Å². The number of hydrogen-bond acceptors (Lipinski definition) is 3. The highest BCUT2D eigenvalue weighted by Crippen LogP contribution is 2.40. The molecule has 1 aliphatic heterocycles. The first-order valence-electron chi connectivity index (χ1n) is 10.9. The van der Waals surface area contributed by atoms with Crippen LogP contribution in [0.1, 0.15) is 76.8 Å². The quantitative estimate of drug-likeness (QED) is 0.365. The molecule has 2 aliphatic rings. The molecular formula is C24H34INO3. The summed E-state index contributed by atoms with van der Waals surface area (Å²) in [5.41, 5.74) is 2.32. The minimum Gasteiger partial charge on any atom is -0.444 e. The molecule has 5 heteroatoms. The number of alkyl halides is 1. The number of benzene rings is 1. The standard InChI is InChI=1S/C24H34INO3/c1-5-16(19-12-8-10-17-9-6-7-11-20(17)19)13-22(27)21-14-18(25)15-26(21)23(28)29-24(2,3)4/h6-7,9,11,16,18-19,21H,5,8,10,12-15H2,1-4H3/t16?,18-,19-,21-/m0/s1. The molecule has 1 unspecified atom stereocenters. The van der Waals surface area contributed by atoms with Gasteiger partial charge in [0.1, 0.15) is 5.60 Å². The lowest BCUT2D eigenvalue weighted by atomic mass is 9.73. The third kappa shape index (κ3) is 5.53. The van der Waals surface area contributed by atoms with E-state index in [1.807, 2.05) is 20.8 Å². The van der Waals surface area contributed by atoms with Crippen molar-refractivity contribution in [1.82, 2.24) is 4.90 Å². The first-order chi connectivity index (χ1) is 13.7. The average Bonchev–Trinajstić information content (AvgIpc) is 3.06. The largest absolute Gasteiger partial charge is 0.444 e. The van der Waals surface area contributed by atoms with Crippen molar-refractivity contribution in [2.45, 2.75) is 87.7 Å². The molecular weight excluding hydrogens is 477 g/mol. The lowest BCUT2D eigenvalue weighted by Crippen LogP contribution is -2.44. The smallest absolute Gasteiger partial charge is 0.410 e. The van der Waals surface area contributed by atoms with E-state index in [-0.39, 0.29) is 17.9 Å². The summed E-state index contributed by atoms with van der Waals surface area (Å²) < 4.78 is 5.87. The minimum absolute atomic E-state index is 0.199. The SMILES string of the molecule is CCC(CC(=O)[C@@H]1C[C@H](I)CN1C(=O)OC(C)(C)C)[C@@H]1CCCc2ccccc21. The second-order valence-electron chi connectivity index (χ2n) is 9.52. The van der Waals surface area contributed by atoms with Crippen molar-refractivity contribution < 1.29 is 14.3 Å². The second-order valence-corrected chi connectivity index (χ2v) is 11.3. The van der Waals surface area contributed by atoms with Gasteiger partial charge in [-0.3, -0.25) is 9.69 Å². The molecule has 0 spiro atoms. The Kier molecular flexibility index (Phi) is 7.28. The number of ketones is 1. The summed E-state index contributed by atoms with van der Waals surface area (Å²) in [7, 11) is 0. The molecule has 1 fully saturated rings. The molecule has 4 nitrogen and oxygen atoms in total. The third-order valence-corrected chi connectivity index (χ3v) is 7.12. The molecule has 0 radical (unpaired) electrons. The summed E-state index contributed by atoms with van der Waals surface area (Å²) in [5, 5.41) is 0. The number of ether oxygens (including phenoxy) is 1. The fourth-order valence-corrected chi connectivity index (χ4v) is 5.77. The fraction of sp³-hybridized carbons (Fsp3) is 0.667. The summed E-state index contributed by atoms with van der Waals surface area (Å²) in [6.45, 7) is 8.39. The number of carbonyl (C=O) groups is 2. The van der Waals surface area contributed by atoms with Gasteiger partial charge in [0.05, 0.1) is 6.04 Å². The molecule has 1 heterocycles. The number of Topliss-reactive ketones (excluding diaryl/α,β-unsaturated/α-hetero) is 1. The Balaban J connectivity index is 1.73. The van der Waals surface area contributed by atoms with Crippen molar-refractivity contribution in [3.63, 3.8) is 0 Å². The van der Waals surface area contributed by atoms with E-state index in [1.165, 1.54) is 17.5 Å². The molecule has 1 aliphatic carbocycles. The Labute approximate surface area is 188 Å². The van der Waals surface area contributed by atoms with Crippen LogP contribution in [0.4, 0.5) is 4.79 Å². The Hall–Kier alpha value is -1.11. The minimum atomic E-state index is -0.550. The number of rotatable bonds is 5. The normalized spacial score (nSPS) is 25.4. The van der Waals surface area contributed by atoms with Gasteiger partial charge in [-0.2, -0.15) is 0 Å². The van der Waals surface area contributed by atoms with E-state index >= 15 is 0 Å². The van der Waals surface area contributed by atoms with E-state index in [2.05, 4.69) is 53.8 Å². The van der Waals surface area contributed by atoms with Gasteiger partial charge in [0, 0.05) is 16.9 Å². The second kappa shape index (κ2) is 9.36. The number of fused-ring (bicyclic) bond motifs is 1. The van der Waals surface area contributed by atoms with Gasteiger partial charge in [0.25, 0.3) is 0 Å². The van der Waals surface area contributed by atoms with Crippen molar-refractivity contribution >= 4 is 34.5 Å². The van der Waals surface area contributed by atoms with Gasteiger partial charge in [-0.25, -0.2) is 4.79 Å². The van der Waals surface area contributed by atoms with Crippen LogP contribution < -0.4 is 0 Å². The summed E-state index contributed by atoms with van der Waals surface area (Å²) >= 11 is 2.35. The molecule has 3 rings (SSSR count). The molecule has 29 heavy (non-hydrogen) atoms. The maximum absolute atomic E-state index is 13.3. The van der Waals surface area contributed by atoms with Crippen molar-refractivity contribution in [2.75, 3.05) is 6.54 Å². The Morgan fingerprint density at radius 1 is 1.28 bits per heavy atom. The van der Waals surface area contributed by atoms with Gasteiger partial charge in [-0.15, -0.1) is 0 Å². The van der Waals surface area contributed by atoms with E-state index < -0.39 is 5.60 Å². The van der Waals surface area contributed by atoms with Crippen LogP contribution in [0.3, 0.4) is 0 Å². The van der Waals surface area contributed by atoms with Crippen LogP contribution in [0.15, 0.2) is 24.3 Å². The monoisotopic (exact) mass is 511 g/mol. The average molecular weight is 511 g/mol. The zero-order valence-corrected chi connectivity index (χ0v) is 20.3. The van der Waals surface area contributed by atoms with Gasteiger partial charge in [-0.1, -0.05) is 60.2 Å². The van der Waals surface area contributed by atoms with E-state index in [4.69, 9.17) is 4.74 Å². The van der Waals surface area contributed by atoms with Crippen LogP contribution in [0.25, 0.3) is 0 Å². The molecule has 1 aromatic rings. The van der Waals surface area contributed by atoms with Gasteiger partial charge in [-0.05, 0) is 69.4 Å². The van der Waals surface area contributed by atoms with Gasteiger partial charge in [0.2, 0.25) is 0 Å². The lowest BCUT2D eigenvalue weighted by Gasteiger charge is -2.33. The molecule has 160 valence electrons. The Morgan fingerprint density at radius 2 is 2.00 bits per heavy atom. The number of amides is 1. The van der Waals surface area contributed by atoms with Crippen LogP contribution in [-0.2, 0) is 16.0 Å². The highest BCUT2D eigenvalue weighted by atomic mass is 127. The number of halogens is 1. The maximum atomic E-state index is 13.3. The number of likely N-dealkylation sites (tertiary alicyclic amines) is 1. The van der Waals surface area contributed by atoms with E-state index in [0.29, 0.717) is 28.7 Å². The highest BCUT2D eigenvalue weighted by Gasteiger charge is 2.41. The predicted molar refractivity (Wildman–Crippen MR) is 125 cm³/mol. The molecule has 0 saturated carbocycles. The van der Waals surface area contributed by atoms with Crippen LogP contribution in [0, 0.1) is 5.92 Å². The first-order valence-corrected chi connectivity index (χ1v) is 12.2. The molecule has 0 aromatic heterocycles. The predicted octanol–water partition coefficient (Wildman–Crippen LogP) is 5.90. The van der Waals surface area contributed by atoms with Gasteiger partial charge < -0.3 is 4.74 Å². The molecule has 0 N–H and O–H groups in total. The Morgan fingerprint density at radius 3 is 2.69 bits per heavy atom. The van der Waals surface area contributed by atoms with Crippen molar-refractivity contribution in [3.05, 3.63) is 35.4 Å². The Bertz CT molecular complexity index is 742. The molecule has 1 saturated heterocycles. The zero-order chi connectivity index (χ0) is 21.2. The van der Waals surface area contributed by atoms with Crippen molar-refractivity contribution in [1.29, 1.82) is 0 Å². The summed E-state index contributed by atoms with van der Waals surface area (Å²) in [4.78, 5) is 27.7. The topological polar surface area (TPSA) is 46.6 Å². The van der Waals surface area contributed by atoms with Crippen LogP contribution in [-0.4, -0.2) is 38.9 Å². The summed E-state index contributed by atoms with van der Waals surface area (Å²) in [5.74, 6) is 0.975. The van der Waals surface area contributed by atoms with Crippen molar-refractivity contribution in [3.8, 4) is 0 Å². The number of aryl methyl sites for hydroxylation is 1. The summed E-state index contributed by atoms with van der Waals surface area (Å²) in [6.07, 6.45) is 5.39.